The molecule has 0 bridgehead atoms. The van der Waals surface area contributed by atoms with Crippen LogP contribution in [0.5, 0.6) is 0 Å². The van der Waals surface area contributed by atoms with Crippen molar-refractivity contribution < 1.29 is 4.79 Å². The summed E-state index contributed by atoms with van der Waals surface area (Å²) in [6.45, 7) is 8.03. The fourth-order valence-electron chi connectivity index (χ4n) is 3.79. The van der Waals surface area contributed by atoms with E-state index in [1.807, 2.05) is 24.3 Å². The van der Waals surface area contributed by atoms with Gasteiger partial charge in [-0.05, 0) is 49.2 Å². The number of hydrogen-bond donors (Lipinski definition) is 1. The van der Waals surface area contributed by atoms with Crippen molar-refractivity contribution in [3.63, 3.8) is 0 Å². The molecule has 2 aromatic carbocycles. The molecule has 6 nitrogen and oxygen atoms in total. The Labute approximate surface area is 187 Å². The second kappa shape index (κ2) is 10.6. The lowest BCUT2D eigenvalue weighted by atomic mass is 10.1. The maximum absolute atomic E-state index is 12.5. The van der Waals surface area contributed by atoms with Crippen molar-refractivity contribution in [1.29, 1.82) is 0 Å². The van der Waals surface area contributed by atoms with Crippen LogP contribution in [0.1, 0.15) is 39.3 Å². The van der Waals surface area contributed by atoms with E-state index in [0.29, 0.717) is 5.01 Å². The van der Waals surface area contributed by atoms with Crippen LogP contribution in [-0.4, -0.2) is 52.1 Å². The number of rotatable bonds is 7. The smallest absolute Gasteiger partial charge is 0.286 e. The first-order chi connectivity index (χ1) is 15.2. The van der Waals surface area contributed by atoms with Crippen molar-refractivity contribution >= 4 is 22.9 Å². The second-order valence-corrected chi connectivity index (χ2v) is 8.96. The molecule has 2 heterocycles. The van der Waals surface area contributed by atoms with Gasteiger partial charge < -0.3 is 5.32 Å². The number of benzene rings is 2. The Morgan fingerprint density at radius 3 is 2.32 bits per heavy atom. The number of nitrogens with one attached hydrogen (secondary N) is 1. The number of amides is 1. The number of aryl methyl sites for hydroxylation is 1. The lowest BCUT2D eigenvalue weighted by molar-refractivity contribution is 0.102. The van der Waals surface area contributed by atoms with E-state index < -0.39 is 0 Å². The Kier molecular flexibility index (Phi) is 7.40. The van der Waals surface area contributed by atoms with E-state index in [2.05, 4.69) is 62.6 Å². The van der Waals surface area contributed by atoms with Gasteiger partial charge in [0, 0.05) is 25.3 Å². The van der Waals surface area contributed by atoms with Gasteiger partial charge in [-0.3, -0.25) is 14.6 Å². The molecule has 4 rings (SSSR count). The molecule has 0 radical (unpaired) electrons. The Morgan fingerprint density at radius 1 is 0.903 bits per heavy atom. The molecule has 1 amide bonds. The lowest BCUT2D eigenvalue weighted by Gasteiger charge is -2.21. The van der Waals surface area contributed by atoms with Crippen LogP contribution < -0.4 is 5.32 Å². The molecule has 1 aliphatic heterocycles. The summed E-state index contributed by atoms with van der Waals surface area (Å²) in [5.74, 6) is -0.196. The third kappa shape index (κ3) is 6.19. The molecule has 1 aliphatic rings. The Morgan fingerprint density at radius 2 is 1.61 bits per heavy atom. The second-order valence-electron chi connectivity index (χ2n) is 7.90. The van der Waals surface area contributed by atoms with Gasteiger partial charge in [-0.15, -0.1) is 10.2 Å². The van der Waals surface area contributed by atoms with Crippen molar-refractivity contribution in [3.8, 4) is 0 Å². The van der Waals surface area contributed by atoms with E-state index in [1.54, 1.807) is 0 Å². The lowest BCUT2D eigenvalue weighted by Crippen LogP contribution is -2.30. The van der Waals surface area contributed by atoms with E-state index in [0.717, 1.165) is 62.8 Å². The van der Waals surface area contributed by atoms with Gasteiger partial charge >= 0.3 is 0 Å². The van der Waals surface area contributed by atoms with Crippen LogP contribution in [-0.2, 0) is 19.5 Å². The first kappa shape index (κ1) is 21.6. The topological polar surface area (TPSA) is 61.4 Å². The highest BCUT2D eigenvalue weighted by Gasteiger charge is 2.18. The van der Waals surface area contributed by atoms with Crippen molar-refractivity contribution in [2.45, 2.75) is 32.9 Å². The molecule has 7 heteroatoms. The third-order valence-electron chi connectivity index (χ3n) is 5.57. The minimum atomic E-state index is -0.196. The summed E-state index contributed by atoms with van der Waals surface area (Å²) >= 11 is 1.38. The molecule has 0 atom stereocenters. The first-order valence-electron chi connectivity index (χ1n) is 10.9. The van der Waals surface area contributed by atoms with Crippen LogP contribution in [0.3, 0.4) is 0 Å². The minimum Gasteiger partial charge on any atom is -0.320 e. The van der Waals surface area contributed by atoms with Crippen molar-refractivity contribution in [2.75, 3.05) is 31.5 Å². The number of hydrogen-bond acceptors (Lipinski definition) is 6. The fraction of sp³-hybridized carbons (Fsp3) is 0.375. The number of anilines is 1. The number of carbonyl (C=O) groups is 1. The van der Waals surface area contributed by atoms with Crippen molar-refractivity contribution in [1.82, 2.24) is 20.0 Å². The average molecular weight is 436 g/mol. The van der Waals surface area contributed by atoms with Crippen LogP contribution >= 0.6 is 11.3 Å². The van der Waals surface area contributed by atoms with Crippen LogP contribution in [0.2, 0.25) is 0 Å². The molecule has 0 aliphatic carbocycles. The SMILES string of the molecule is CCc1ccc(NC(=O)c2nnc(CN3CCCN(Cc4ccccc4)CC3)s2)cc1. The summed E-state index contributed by atoms with van der Waals surface area (Å²) in [7, 11) is 0. The van der Waals surface area contributed by atoms with Crippen LogP contribution in [0.15, 0.2) is 54.6 Å². The van der Waals surface area contributed by atoms with Gasteiger partial charge in [0.2, 0.25) is 5.01 Å². The predicted octanol–water partition coefficient (Wildman–Crippen LogP) is 4.06. The summed E-state index contributed by atoms with van der Waals surface area (Å²) in [6, 6.07) is 18.6. The van der Waals surface area contributed by atoms with E-state index in [-0.39, 0.29) is 5.91 Å². The summed E-state index contributed by atoms with van der Waals surface area (Å²) in [5.41, 5.74) is 3.39. The number of carbonyl (C=O) groups excluding carboxylic acids is 1. The van der Waals surface area contributed by atoms with E-state index in [1.165, 1.54) is 22.5 Å². The van der Waals surface area contributed by atoms with Crippen LogP contribution in [0.4, 0.5) is 5.69 Å². The monoisotopic (exact) mass is 435 g/mol. The molecular weight excluding hydrogens is 406 g/mol. The predicted molar refractivity (Wildman–Crippen MR) is 125 cm³/mol. The van der Waals surface area contributed by atoms with Gasteiger partial charge in [0.25, 0.3) is 5.91 Å². The zero-order valence-corrected chi connectivity index (χ0v) is 18.8. The highest BCUT2D eigenvalue weighted by Crippen LogP contribution is 2.17. The average Bonchev–Trinajstić information content (AvgIpc) is 3.16. The summed E-state index contributed by atoms with van der Waals surface area (Å²) in [5, 5.41) is 12.6. The molecule has 0 unspecified atom stereocenters. The molecule has 1 saturated heterocycles. The summed E-state index contributed by atoms with van der Waals surface area (Å²) in [6.07, 6.45) is 2.11. The molecule has 0 saturated carbocycles. The van der Waals surface area contributed by atoms with Gasteiger partial charge in [-0.2, -0.15) is 0 Å². The van der Waals surface area contributed by atoms with Crippen LogP contribution in [0.25, 0.3) is 0 Å². The largest absolute Gasteiger partial charge is 0.320 e. The molecule has 0 spiro atoms. The third-order valence-corrected chi connectivity index (χ3v) is 6.48. The van der Waals surface area contributed by atoms with Crippen LogP contribution in [0, 0.1) is 0 Å². The zero-order valence-electron chi connectivity index (χ0n) is 18.0. The van der Waals surface area contributed by atoms with Crippen molar-refractivity contribution in [2.24, 2.45) is 0 Å². The maximum Gasteiger partial charge on any atom is 0.286 e. The zero-order chi connectivity index (χ0) is 21.5. The molecule has 1 aromatic heterocycles. The minimum absolute atomic E-state index is 0.196. The Hall–Kier alpha value is -2.61. The first-order valence-corrected chi connectivity index (χ1v) is 11.7. The van der Waals surface area contributed by atoms with Gasteiger partial charge in [0.15, 0.2) is 0 Å². The molecule has 1 N–H and O–H groups in total. The van der Waals surface area contributed by atoms with Gasteiger partial charge in [0.05, 0.1) is 6.54 Å². The highest BCUT2D eigenvalue weighted by atomic mass is 32.1. The number of aromatic nitrogens is 2. The van der Waals surface area contributed by atoms with E-state index >= 15 is 0 Å². The molecular formula is C24H29N5OS. The number of nitrogens with zero attached hydrogens (tertiary/aromatic N) is 4. The van der Waals surface area contributed by atoms with Gasteiger partial charge in [-0.1, -0.05) is 60.7 Å². The molecule has 1 fully saturated rings. The fourth-order valence-corrected chi connectivity index (χ4v) is 4.57. The Bertz CT molecular complexity index is 973. The van der Waals surface area contributed by atoms with Gasteiger partial charge in [0.1, 0.15) is 5.01 Å². The van der Waals surface area contributed by atoms with E-state index in [4.69, 9.17) is 0 Å². The highest BCUT2D eigenvalue weighted by molar-refractivity contribution is 7.13. The van der Waals surface area contributed by atoms with E-state index in [9.17, 15) is 4.79 Å². The van der Waals surface area contributed by atoms with Crippen molar-refractivity contribution in [3.05, 3.63) is 75.7 Å². The Balaban J connectivity index is 1.28. The summed E-state index contributed by atoms with van der Waals surface area (Å²) < 4.78 is 0. The molecule has 162 valence electrons. The normalized spacial score (nSPS) is 15.5. The molecule has 31 heavy (non-hydrogen) atoms. The standard InChI is InChI=1S/C24H29N5OS/c1-2-19-9-11-21(12-10-19)25-23(30)24-27-26-22(31-24)18-29-14-6-13-28(15-16-29)17-20-7-4-3-5-8-20/h3-5,7-12H,2,6,13-18H2,1H3,(H,25,30). The van der Waals surface area contributed by atoms with Gasteiger partial charge in [-0.25, -0.2) is 0 Å². The summed E-state index contributed by atoms with van der Waals surface area (Å²) in [4.78, 5) is 17.4. The molecule has 3 aromatic rings. The maximum atomic E-state index is 12.5. The quantitative estimate of drug-likeness (QED) is 0.606.